The zero-order valence-corrected chi connectivity index (χ0v) is 21.8. The molecule has 2 heterocycles. The van der Waals surface area contributed by atoms with Crippen LogP contribution >= 0.6 is 11.6 Å². The van der Waals surface area contributed by atoms with E-state index in [1.807, 2.05) is 22.6 Å². The third-order valence-electron chi connectivity index (χ3n) is 7.96. The van der Waals surface area contributed by atoms with Gasteiger partial charge in [-0.15, -0.1) is 0 Å². The topological polar surface area (TPSA) is 84.3 Å². The van der Waals surface area contributed by atoms with Gasteiger partial charge in [0.25, 0.3) is 0 Å². The fraction of sp³-hybridized carbons (Fsp3) is 0.630. The number of Topliss-reactive ketones (excluding diaryl/α,β-unsaturated/α-hetero) is 2. The van der Waals surface area contributed by atoms with Crippen molar-refractivity contribution in [3.63, 3.8) is 0 Å². The molecule has 1 saturated carbocycles. The number of fused-ring (bicyclic) bond motifs is 1. The maximum absolute atomic E-state index is 14.0. The van der Waals surface area contributed by atoms with Gasteiger partial charge in [-0.25, -0.2) is 0 Å². The highest BCUT2D eigenvalue weighted by Gasteiger charge is 2.39. The second kappa shape index (κ2) is 11.2. The molecule has 2 aliphatic rings. The molecular formula is C27H37ClN4O3. The first-order valence-corrected chi connectivity index (χ1v) is 13.4. The second-order valence-electron chi connectivity index (χ2n) is 10.3. The van der Waals surface area contributed by atoms with Crippen LogP contribution in [0.15, 0.2) is 18.2 Å². The molecule has 1 amide bonds. The predicted octanol–water partition coefficient (Wildman–Crippen LogP) is 4.65. The zero-order chi connectivity index (χ0) is 25.1. The Morgan fingerprint density at radius 3 is 2.57 bits per heavy atom. The molecule has 1 aliphatic carbocycles. The maximum atomic E-state index is 14.0. The van der Waals surface area contributed by atoms with Crippen LogP contribution in [0.5, 0.6) is 0 Å². The second-order valence-corrected chi connectivity index (χ2v) is 10.7. The van der Waals surface area contributed by atoms with Crippen molar-refractivity contribution in [1.29, 1.82) is 0 Å². The number of hydrogen-bond acceptors (Lipinski definition) is 5. The van der Waals surface area contributed by atoms with Gasteiger partial charge in [0.05, 0.1) is 24.1 Å². The smallest absolute Gasteiger partial charge is 0.226 e. The van der Waals surface area contributed by atoms with Gasteiger partial charge in [-0.2, -0.15) is 5.10 Å². The van der Waals surface area contributed by atoms with Crippen molar-refractivity contribution >= 4 is 40.0 Å². The molecule has 2 aromatic rings. The number of aromatic nitrogens is 2. The van der Waals surface area contributed by atoms with E-state index in [0.29, 0.717) is 30.2 Å². The van der Waals surface area contributed by atoms with Crippen LogP contribution in [0, 0.1) is 11.8 Å². The Labute approximate surface area is 212 Å². The molecule has 3 unspecified atom stereocenters. The standard InChI is InChI=1S/C27H37ClN4O3/c1-17(29-3)25(34)15-22(19-8-5-4-6-9-19)27(35)31-13-7-10-21(31)16-32-24-12-11-20(28)14-23(24)26(30-32)18(2)33/h11-12,14,17,19,21-22,29H,4-10,13,15-16H2,1-3H3. The largest absolute Gasteiger partial charge is 0.338 e. The van der Waals surface area contributed by atoms with Crippen molar-refractivity contribution in [3.8, 4) is 0 Å². The van der Waals surface area contributed by atoms with Gasteiger partial charge in [0.2, 0.25) is 5.91 Å². The highest BCUT2D eigenvalue weighted by Crippen LogP contribution is 2.35. The lowest BCUT2D eigenvalue weighted by molar-refractivity contribution is -0.141. The summed E-state index contributed by atoms with van der Waals surface area (Å²) in [6.07, 6.45) is 7.61. The van der Waals surface area contributed by atoms with Gasteiger partial charge in [0.15, 0.2) is 5.78 Å². The van der Waals surface area contributed by atoms with E-state index in [0.717, 1.165) is 49.4 Å². The highest BCUT2D eigenvalue weighted by molar-refractivity contribution is 6.31. The Hall–Kier alpha value is -2.25. The Balaban J connectivity index is 1.58. The SMILES string of the molecule is CNC(C)C(=O)CC(C(=O)N1CCCC1Cn1nc(C(C)=O)c2cc(Cl)ccc21)C1CCCCC1. The summed E-state index contributed by atoms with van der Waals surface area (Å²) in [4.78, 5) is 41.0. The first-order chi connectivity index (χ1) is 16.8. The van der Waals surface area contributed by atoms with Gasteiger partial charge in [-0.05, 0) is 63.8 Å². The lowest BCUT2D eigenvalue weighted by Crippen LogP contribution is -2.45. The molecule has 1 aliphatic heterocycles. The van der Waals surface area contributed by atoms with Crippen LogP contribution in [0.4, 0.5) is 0 Å². The first-order valence-electron chi connectivity index (χ1n) is 13.0. The summed E-state index contributed by atoms with van der Waals surface area (Å²) in [5, 5.41) is 8.95. The molecule has 4 rings (SSSR count). The molecule has 7 nitrogen and oxygen atoms in total. The van der Waals surface area contributed by atoms with Crippen LogP contribution < -0.4 is 5.32 Å². The summed E-state index contributed by atoms with van der Waals surface area (Å²) in [5.74, 6) is 0.114. The van der Waals surface area contributed by atoms with Crippen molar-refractivity contribution in [1.82, 2.24) is 20.0 Å². The molecule has 1 aromatic heterocycles. The van der Waals surface area contributed by atoms with Crippen molar-refractivity contribution in [2.45, 2.75) is 83.8 Å². The van der Waals surface area contributed by atoms with Crippen LogP contribution in [0.3, 0.4) is 0 Å². The van der Waals surface area contributed by atoms with Crippen LogP contribution in [0.2, 0.25) is 5.02 Å². The monoisotopic (exact) mass is 500 g/mol. The lowest BCUT2D eigenvalue weighted by atomic mass is 9.76. The summed E-state index contributed by atoms with van der Waals surface area (Å²) in [7, 11) is 1.79. The summed E-state index contributed by atoms with van der Waals surface area (Å²) in [5.41, 5.74) is 1.26. The number of rotatable bonds is 9. The predicted molar refractivity (Wildman–Crippen MR) is 138 cm³/mol. The van der Waals surface area contributed by atoms with Crippen molar-refractivity contribution in [2.24, 2.45) is 11.8 Å². The fourth-order valence-electron chi connectivity index (χ4n) is 5.83. The number of nitrogens with one attached hydrogen (secondary N) is 1. The number of halogens is 1. The molecule has 190 valence electrons. The average Bonchev–Trinajstić information content (AvgIpc) is 3.46. The number of nitrogens with zero attached hydrogens (tertiary/aromatic N) is 3. The Morgan fingerprint density at radius 2 is 1.89 bits per heavy atom. The van der Waals surface area contributed by atoms with Gasteiger partial charge in [-0.3, -0.25) is 19.1 Å². The summed E-state index contributed by atoms with van der Waals surface area (Å²) < 4.78 is 1.85. The Bertz CT molecular complexity index is 1090. The molecular weight excluding hydrogens is 464 g/mol. The molecule has 1 saturated heterocycles. The third-order valence-corrected chi connectivity index (χ3v) is 8.20. The highest BCUT2D eigenvalue weighted by atomic mass is 35.5. The van der Waals surface area contributed by atoms with Gasteiger partial charge in [0, 0.05) is 36.2 Å². The molecule has 2 fully saturated rings. The minimum Gasteiger partial charge on any atom is -0.338 e. The van der Waals surface area contributed by atoms with E-state index >= 15 is 0 Å². The average molecular weight is 501 g/mol. The molecule has 1 aromatic carbocycles. The summed E-state index contributed by atoms with van der Waals surface area (Å²) >= 11 is 6.19. The molecule has 35 heavy (non-hydrogen) atoms. The molecule has 1 N–H and O–H groups in total. The van der Waals surface area contributed by atoms with E-state index in [1.165, 1.54) is 13.3 Å². The number of hydrogen-bond donors (Lipinski definition) is 1. The van der Waals surface area contributed by atoms with Crippen molar-refractivity contribution < 1.29 is 14.4 Å². The normalized spacial score (nSPS) is 20.8. The van der Waals surface area contributed by atoms with E-state index in [9.17, 15) is 14.4 Å². The molecule has 8 heteroatoms. The Kier molecular flexibility index (Phi) is 8.27. The minimum absolute atomic E-state index is 0.0102. The fourth-order valence-corrected chi connectivity index (χ4v) is 6.00. The van der Waals surface area contributed by atoms with Crippen molar-refractivity contribution in [3.05, 3.63) is 28.9 Å². The zero-order valence-electron chi connectivity index (χ0n) is 21.1. The van der Waals surface area contributed by atoms with Gasteiger partial charge < -0.3 is 10.2 Å². The number of benzene rings is 1. The van der Waals surface area contributed by atoms with Gasteiger partial charge >= 0.3 is 0 Å². The van der Waals surface area contributed by atoms with Crippen LogP contribution in [0.25, 0.3) is 10.9 Å². The van der Waals surface area contributed by atoms with E-state index in [2.05, 4.69) is 10.4 Å². The number of amides is 1. The van der Waals surface area contributed by atoms with Crippen LogP contribution in [0.1, 0.15) is 75.7 Å². The number of carbonyl (C=O) groups is 3. The molecule has 3 atom stereocenters. The lowest BCUT2D eigenvalue weighted by Gasteiger charge is -2.35. The number of carbonyl (C=O) groups excluding carboxylic acids is 3. The number of ketones is 2. The first kappa shape index (κ1) is 25.8. The van der Waals surface area contributed by atoms with Crippen LogP contribution in [-0.2, 0) is 16.1 Å². The summed E-state index contributed by atoms with van der Waals surface area (Å²) in [6, 6.07) is 5.21. The Morgan fingerprint density at radius 1 is 1.14 bits per heavy atom. The van der Waals surface area contributed by atoms with Gasteiger partial charge in [-0.1, -0.05) is 30.9 Å². The van der Waals surface area contributed by atoms with E-state index in [4.69, 9.17) is 11.6 Å². The maximum Gasteiger partial charge on any atom is 0.226 e. The van der Waals surface area contributed by atoms with Crippen molar-refractivity contribution in [2.75, 3.05) is 13.6 Å². The minimum atomic E-state index is -0.264. The quantitative estimate of drug-likeness (QED) is 0.507. The van der Waals surface area contributed by atoms with E-state index < -0.39 is 0 Å². The third kappa shape index (κ3) is 5.61. The number of likely N-dealkylation sites (tertiary alicyclic amines) is 1. The molecule has 0 bridgehead atoms. The van der Waals surface area contributed by atoms with E-state index in [-0.39, 0.29) is 41.4 Å². The van der Waals surface area contributed by atoms with E-state index in [1.54, 1.807) is 19.2 Å². The summed E-state index contributed by atoms with van der Waals surface area (Å²) in [6.45, 7) is 4.60. The molecule has 0 radical (unpaired) electrons. The molecule has 0 spiro atoms. The van der Waals surface area contributed by atoms with Crippen LogP contribution in [-0.4, -0.2) is 57.8 Å². The van der Waals surface area contributed by atoms with Gasteiger partial charge in [0.1, 0.15) is 11.5 Å². The number of likely N-dealkylation sites (N-methyl/N-ethyl adjacent to an activating group) is 1.